The zero-order valence-corrected chi connectivity index (χ0v) is 23.9. The summed E-state index contributed by atoms with van der Waals surface area (Å²) in [5.74, 6) is -0.428. The Kier molecular flexibility index (Phi) is 14.0. The molecule has 2 aromatic rings. The van der Waals surface area contributed by atoms with Crippen LogP contribution in [0.1, 0.15) is 30.9 Å². The van der Waals surface area contributed by atoms with Crippen molar-refractivity contribution in [2.75, 3.05) is 30.6 Å². The highest BCUT2D eigenvalue weighted by molar-refractivity contribution is 8.76. The van der Waals surface area contributed by atoms with Crippen molar-refractivity contribution in [1.29, 1.82) is 0 Å². The standard InChI is InChI=1S/C27H35N2O5S3/c1-4-24(30)34-27(26(32)33-2,22-13-9-6-10-14-22)29-25(31)21(17-20-11-7-5-8-12-20)18-36-37-19-23(28)15-16-35-3/h5-14,21,23,28H,4,15-19H2,1-3H3,(H,29,31). The molecule has 0 aliphatic carbocycles. The monoisotopic (exact) mass is 563 g/mol. The lowest BCUT2D eigenvalue weighted by Crippen LogP contribution is -2.57. The van der Waals surface area contributed by atoms with E-state index in [0.29, 0.717) is 23.5 Å². The number of ether oxygens (including phenoxy) is 2. The maximum absolute atomic E-state index is 13.7. The van der Waals surface area contributed by atoms with Crippen LogP contribution in [0.4, 0.5) is 0 Å². The average molecular weight is 564 g/mol. The molecule has 37 heavy (non-hydrogen) atoms. The van der Waals surface area contributed by atoms with Crippen LogP contribution in [0.2, 0.25) is 0 Å². The molecule has 0 saturated carbocycles. The van der Waals surface area contributed by atoms with E-state index in [4.69, 9.17) is 15.2 Å². The van der Waals surface area contributed by atoms with E-state index in [2.05, 4.69) is 5.32 Å². The molecule has 1 radical (unpaired) electrons. The van der Waals surface area contributed by atoms with E-state index in [1.807, 2.05) is 36.6 Å². The molecule has 10 heteroatoms. The number of hydrogen-bond acceptors (Lipinski definition) is 8. The quantitative estimate of drug-likeness (QED) is 0.135. The van der Waals surface area contributed by atoms with Crippen LogP contribution in [0.25, 0.3) is 0 Å². The fourth-order valence-electron chi connectivity index (χ4n) is 3.43. The summed E-state index contributed by atoms with van der Waals surface area (Å²) in [4.78, 5) is 39.2. The van der Waals surface area contributed by atoms with E-state index in [1.165, 1.54) is 17.9 Å². The lowest BCUT2D eigenvalue weighted by atomic mass is 9.97. The number of carbonyl (C=O) groups excluding carboxylic acids is 3. The Balaban J connectivity index is 2.29. The van der Waals surface area contributed by atoms with Crippen LogP contribution in [0, 0.1) is 5.92 Å². The van der Waals surface area contributed by atoms with Gasteiger partial charge in [0.25, 0.3) is 0 Å². The summed E-state index contributed by atoms with van der Waals surface area (Å²) < 4.78 is 10.6. The van der Waals surface area contributed by atoms with Crippen LogP contribution in [-0.4, -0.2) is 54.5 Å². The van der Waals surface area contributed by atoms with Gasteiger partial charge in [0.05, 0.1) is 13.0 Å². The number of rotatable bonds is 16. The number of amides is 1. The molecule has 201 valence electrons. The van der Waals surface area contributed by atoms with Gasteiger partial charge >= 0.3 is 17.7 Å². The molecule has 3 unspecified atom stereocenters. The number of hydrogen-bond donors (Lipinski definition) is 1. The number of carbonyl (C=O) groups is 3. The molecule has 0 bridgehead atoms. The first-order chi connectivity index (χ1) is 17.9. The van der Waals surface area contributed by atoms with Crippen LogP contribution in [0.15, 0.2) is 60.7 Å². The zero-order valence-electron chi connectivity index (χ0n) is 21.4. The lowest BCUT2D eigenvalue weighted by molar-refractivity contribution is -0.189. The summed E-state index contributed by atoms with van der Waals surface area (Å²) >= 11 is 1.73. The number of methoxy groups -OCH3 is 1. The number of benzene rings is 2. The second-order valence-electron chi connectivity index (χ2n) is 8.29. The lowest BCUT2D eigenvalue weighted by Gasteiger charge is -2.33. The summed E-state index contributed by atoms with van der Waals surface area (Å²) in [7, 11) is 4.29. The van der Waals surface area contributed by atoms with Crippen LogP contribution in [0.3, 0.4) is 0 Å². The number of esters is 2. The Labute approximate surface area is 231 Å². The highest BCUT2D eigenvalue weighted by atomic mass is 33.1. The Morgan fingerprint density at radius 1 is 1.00 bits per heavy atom. The summed E-state index contributed by atoms with van der Waals surface area (Å²) in [5.41, 5.74) is 7.33. The van der Waals surface area contributed by atoms with E-state index in [0.717, 1.165) is 17.7 Å². The minimum Gasteiger partial charge on any atom is -0.464 e. The molecule has 2 N–H and O–H groups in total. The molecule has 0 fully saturated rings. The van der Waals surface area contributed by atoms with Gasteiger partial charge in [0.1, 0.15) is 0 Å². The molecule has 3 atom stereocenters. The molecular formula is C27H35N2O5S3. The van der Waals surface area contributed by atoms with E-state index in [9.17, 15) is 14.4 Å². The van der Waals surface area contributed by atoms with Gasteiger partial charge in [0.2, 0.25) is 5.91 Å². The van der Waals surface area contributed by atoms with Gasteiger partial charge in [-0.1, -0.05) is 89.2 Å². The largest absolute Gasteiger partial charge is 0.464 e. The van der Waals surface area contributed by atoms with Gasteiger partial charge in [-0.15, -0.1) is 0 Å². The maximum atomic E-state index is 13.7. The molecule has 0 heterocycles. The molecule has 0 aliphatic rings. The van der Waals surface area contributed by atoms with Crippen molar-refractivity contribution >= 4 is 51.2 Å². The summed E-state index contributed by atoms with van der Waals surface area (Å²) in [6.07, 6.45) is 3.31. The van der Waals surface area contributed by atoms with Gasteiger partial charge in [-0.3, -0.25) is 15.3 Å². The topological polar surface area (TPSA) is 106 Å². The zero-order chi connectivity index (χ0) is 27.1. The Hall–Kier alpha value is -2.14. The first-order valence-electron chi connectivity index (χ1n) is 12.0. The fraction of sp³-hybridized carbons (Fsp3) is 0.444. The molecule has 1 amide bonds. The van der Waals surface area contributed by atoms with E-state index in [-0.39, 0.29) is 12.5 Å². The SMILES string of the molecule is CCC(=O)OC(NC(=O)C(CSSCC([NH])CCSC)Cc1ccccc1)(C(=O)OC)c1ccccc1. The van der Waals surface area contributed by atoms with Gasteiger partial charge < -0.3 is 14.8 Å². The molecule has 0 aromatic heterocycles. The van der Waals surface area contributed by atoms with Crippen molar-refractivity contribution in [1.82, 2.24) is 11.1 Å². The summed E-state index contributed by atoms with van der Waals surface area (Å²) in [6.45, 7) is 1.61. The molecule has 0 aliphatic heterocycles. The van der Waals surface area contributed by atoms with Crippen LogP contribution in [0.5, 0.6) is 0 Å². The highest BCUT2D eigenvalue weighted by Gasteiger charge is 2.48. The van der Waals surface area contributed by atoms with E-state index in [1.54, 1.807) is 59.8 Å². The Bertz CT molecular complexity index is 981. The van der Waals surface area contributed by atoms with Crippen molar-refractivity contribution in [3.05, 3.63) is 71.8 Å². The highest BCUT2D eigenvalue weighted by Crippen LogP contribution is 2.30. The van der Waals surface area contributed by atoms with Crippen LogP contribution >= 0.6 is 33.3 Å². The van der Waals surface area contributed by atoms with Crippen LogP contribution < -0.4 is 11.1 Å². The van der Waals surface area contributed by atoms with Crippen molar-refractivity contribution < 1.29 is 23.9 Å². The summed E-state index contributed by atoms with van der Waals surface area (Å²) in [5, 5.41) is 2.74. The minimum absolute atomic E-state index is 0.0201. The second kappa shape index (κ2) is 16.7. The van der Waals surface area contributed by atoms with Crippen molar-refractivity contribution in [2.45, 2.75) is 38.0 Å². The van der Waals surface area contributed by atoms with Crippen molar-refractivity contribution in [2.24, 2.45) is 5.92 Å². The van der Waals surface area contributed by atoms with Gasteiger partial charge in [0.15, 0.2) is 0 Å². The first-order valence-corrected chi connectivity index (χ1v) is 15.9. The predicted octanol–water partition coefficient (Wildman–Crippen LogP) is 4.73. The van der Waals surface area contributed by atoms with Crippen molar-refractivity contribution in [3.8, 4) is 0 Å². The number of nitrogens with one attached hydrogen (secondary N) is 2. The fourth-order valence-corrected chi connectivity index (χ4v) is 6.47. The van der Waals surface area contributed by atoms with E-state index >= 15 is 0 Å². The normalized spacial score (nSPS) is 14.2. The van der Waals surface area contributed by atoms with Gasteiger partial charge in [0, 0.05) is 29.5 Å². The van der Waals surface area contributed by atoms with Crippen LogP contribution in [-0.2, 0) is 36.0 Å². The molecule has 0 spiro atoms. The third kappa shape index (κ3) is 9.92. The molecular weight excluding hydrogens is 529 g/mol. The smallest absolute Gasteiger partial charge is 0.377 e. The first kappa shape index (κ1) is 31.1. The second-order valence-corrected chi connectivity index (χ2v) is 11.8. The maximum Gasteiger partial charge on any atom is 0.377 e. The Morgan fingerprint density at radius 3 is 2.22 bits per heavy atom. The summed E-state index contributed by atoms with van der Waals surface area (Å²) in [6, 6.07) is 17.8. The van der Waals surface area contributed by atoms with Gasteiger partial charge in [-0.05, 0) is 30.4 Å². The van der Waals surface area contributed by atoms with Gasteiger partial charge in [-0.25, -0.2) is 4.79 Å². The Morgan fingerprint density at radius 2 is 1.62 bits per heavy atom. The molecule has 2 rings (SSSR count). The predicted molar refractivity (Wildman–Crippen MR) is 153 cm³/mol. The van der Waals surface area contributed by atoms with E-state index < -0.39 is 29.5 Å². The van der Waals surface area contributed by atoms with Crippen molar-refractivity contribution in [3.63, 3.8) is 0 Å². The molecule has 0 saturated heterocycles. The number of thioether (sulfide) groups is 1. The molecule has 7 nitrogen and oxygen atoms in total. The third-order valence-electron chi connectivity index (χ3n) is 5.50. The molecule has 2 aromatic carbocycles. The minimum atomic E-state index is -2.10. The third-order valence-corrected chi connectivity index (χ3v) is 8.70. The average Bonchev–Trinajstić information content (AvgIpc) is 2.93. The van der Waals surface area contributed by atoms with Gasteiger partial charge in [-0.2, -0.15) is 11.8 Å².